The number of rotatable bonds is 3. The predicted octanol–water partition coefficient (Wildman–Crippen LogP) is 5.28. The lowest BCUT2D eigenvalue weighted by atomic mass is 10.1. The van der Waals surface area contributed by atoms with Gasteiger partial charge in [0, 0.05) is 29.2 Å². The van der Waals surface area contributed by atoms with E-state index in [9.17, 15) is 0 Å². The number of thioether (sulfide) groups is 1. The van der Waals surface area contributed by atoms with E-state index in [1.165, 1.54) is 21.1 Å². The molecule has 0 saturated carbocycles. The second kappa shape index (κ2) is 7.44. The van der Waals surface area contributed by atoms with Crippen LogP contribution in [0.25, 0.3) is 0 Å². The molecule has 27 heavy (non-hydrogen) atoms. The predicted molar refractivity (Wildman–Crippen MR) is 115 cm³/mol. The SMILES string of the molecule is CCC(=CC1Sc2ccc(Cl)cc2[NH+]1C)C=C1Oc2ccc(Cl)cc2N1C. The average molecular weight is 420 g/mol. The van der Waals surface area contributed by atoms with Crippen LogP contribution in [0.2, 0.25) is 10.0 Å². The number of allylic oxidation sites excluding steroid dienone is 2. The number of nitrogens with one attached hydrogen (secondary N) is 1. The molecule has 2 aromatic carbocycles. The fourth-order valence-corrected chi connectivity index (χ4v) is 4.99. The first-order valence-corrected chi connectivity index (χ1v) is 10.5. The molecule has 2 aliphatic rings. The van der Waals surface area contributed by atoms with Crippen molar-refractivity contribution in [1.82, 2.24) is 0 Å². The summed E-state index contributed by atoms with van der Waals surface area (Å²) >= 11 is 14.2. The lowest BCUT2D eigenvalue weighted by Crippen LogP contribution is -3.05. The lowest BCUT2D eigenvalue weighted by molar-refractivity contribution is -0.812. The third-order valence-corrected chi connectivity index (χ3v) is 6.78. The first kappa shape index (κ1) is 18.8. The summed E-state index contributed by atoms with van der Waals surface area (Å²) < 4.78 is 6.03. The van der Waals surface area contributed by atoms with Crippen LogP contribution in [-0.2, 0) is 0 Å². The minimum Gasteiger partial charge on any atom is -0.439 e. The number of anilines is 1. The highest BCUT2D eigenvalue weighted by Crippen LogP contribution is 2.40. The highest BCUT2D eigenvalue weighted by atomic mass is 35.5. The van der Waals surface area contributed by atoms with Gasteiger partial charge >= 0.3 is 0 Å². The number of hydrogen-bond donors (Lipinski definition) is 1. The smallest absolute Gasteiger partial charge is 0.200 e. The number of hydrogen-bond acceptors (Lipinski definition) is 3. The van der Waals surface area contributed by atoms with Gasteiger partial charge < -0.3 is 9.64 Å². The van der Waals surface area contributed by atoms with E-state index >= 15 is 0 Å². The third kappa shape index (κ3) is 3.59. The Labute approximate surface area is 174 Å². The zero-order valence-electron chi connectivity index (χ0n) is 15.4. The molecular formula is C21H21Cl2N2OS+. The summed E-state index contributed by atoms with van der Waals surface area (Å²) in [7, 11) is 4.19. The van der Waals surface area contributed by atoms with Crippen LogP contribution in [0.4, 0.5) is 11.4 Å². The standard InChI is InChI=1S/C21H20Cl2N2OS/c1-4-13(9-20-24(2)16-11-14(22)5-7-18(16)26-20)10-21-25(3)17-12-15(23)6-8-19(17)27-21/h5-12,21H,4H2,1-3H3/p+1. The molecule has 2 aliphatic heterocycles. The molecule has 0 fully saturated rings. The van der Waals surface area contributed by atoms with Crippen molar-refractivity contribution in [2.75, 3.05) is 19.0 Å². The summed E-state index contributed by atoms with van der Waals surface area (Å²) in [4.78, 5) is 4.67. The van der Waals surface area contributed by atoms with E-state index in [-0.39, 0.29) is 0 Å². The van der Waals surface area contributed by atoms with Crippen LogP contribution < -0.4 is 14.5 Å². The van der Waals surface area contributed by atoms with Crippen LogP contribution in [-0.4, -0.2) is 19.5 Å². The van der Waals surface area contributed by atoms with Crippen molar-refractivity contribution in [2.45, 2.75) is 23.6 Å². The number of nitrogens with zero attached hydrogens (tertiary/aromatic N) is 1. The first-order chi connectivity index (χ1) is 13.0. The van der Waals surface area contributed by atoms with Gasteiger partial charge in [0.25, 0.3) is 0 Å². The summed E-state index contributed by atoms with van der Waals surface area (Å²) in [6.07, 6.45) is 5.38. The van der Waals surface area contributed by atoms with Crippen LogP contribution in [0.3, 0.4) is 0 Å². The second-order valence-corrected chi connectivity index (χ2v) is 8.77. The molecule has 6 heteroatoms. The zero-order valence-corrected chi connectivity index (χ0v) is 17.8. The number of quaternary nitrogens is 1. The molecule has 2 unspecified atom stereocenters. The highest BCUT2D eigenvalue weighted by molar-refractivity contribution is 8.00. The van der Waals surface area contributed by atoms with E-state index in [0.717, 1.165) is 28.8 Å². The van der Waals surface area contributed by atoms with Crippen LogP contribution >= 0.6 is 35.0 Å². The van der Waals surface area contributed by atoms with E-state index in [1.54, 1.807) is 0 Å². The largest absolute Gasteiger partial charge is 0.439 e. The normalized spacial score (nSPS) is 22.8. The van der Waals surface area contributed by atoms with E-state index in [2.05, 4.69) is 38.3 Å². The number of likely N-dealkylation sites (N-methyl/N-ethyl adjacent to an activating group) is 1. The maximum Gasteiger partial charge on any atom is 0.200 e. The Bertz CT molecular complexity index is 957. The summed E-state index contributed by atoms with van der Waals surface area (Å²) in [5.74, 6) is 1.66. The quantitative estimate of drug-likeness (QED) is 0.729. The molecule has 2 heterocycles. The van der Waals surface area contributed by atoms with Gasteiger partial charge in [-0.1, -0.05) is 41.9 Å². The van der Waals surface area contributed by atoms with Crippen LogP contribution in [0.1, 0.15) is 13.3 Å². The van der Waals surface area contributed by atoms with Gasteiger partial charge in [0.2, 0.25) is 5.88 Å². The second-order valence-electron chi connectivity index (χ2n) is 6.71. The zero-order chi connectivity index (χ0) is 19.1. The van der Waals surface area contributed by atoms with Crippen molar-refractivity contribution in [2.24, 2.45) is 0 Å². The maximum atomic E-state index is 6.18. The topological polar surface area (TPSA) is 16.9 Å². The Balaban J connectivity index is 1.59. The molecule has 0 spiro atoms. The Morgan fingerprint density at radius 2 is 1.96 bits per heavy atom. The van der Waals surface area contributed by atoms with Gasteiger partial charge in [-0.3, -0.25) is 4.90 Å². The summed E-state index contributed by atoms with van der Waals surface area (Å²) in [5.41, 5.74) is 3.49. The van der Waals surface area contributed by atoms with Gasteiger partial charge in [0.05, 0.1) is 17.6 Å². The van der Waals surface area contributed by atoms with Crippen molar-refractivity contribution in [1.29, 1.82) is 0 Å². The molecule has 0 aliphatic carbocycles. The van der Waals surface area contributed by atoms with Crippen molar-refractivity contribution < 1.29 is 9.64 Å². The van der Waals surface area contributed by atoms with Crippen molar-refractivity contribution in [3.05, 3.63) is 70.1 Å². The molecule has 0 aromatic heterocycles. The van der Waals surface area contributed by atoms with Crippen molar-refractivity contribution in [3.8, 4) is 5.75 Å². The van der Waals surface area contributed by atoms with Gasteiger partial charge in [-0.2, -0.15) is 0 Å². The molecular weight excluding hydrogens is 399 g/mol. The summed E-state index contributed by atoms with van der Waals surface area (Å²) in [5, 5.41) is 1.81. The van der Waals surface area contributed by atoms with Crippen molar-refractivity contribution >= 4 is 46.3 Å². The maximum absolute atomic E-state index is 6.18. The minimum atomic E-state index is 0.314. The van der Waals surface area contributed by atoms with E-state index < -0.39 is 0 Å². The minimum absolute atomic E-state index is 0.314. The molecule has 0 radical (unpaired) electrons. The molecule has 2 atom stereocenters. The van der Waals surface area contributed by atoms with E-state index in [0.29, 0.717) is 10.4 Å². The van der Waals surface area contributed by atoms with Crippen molar-refractivity contribution in [3.63, 3.8) is 0 Å². The molecule has 140 valence electrons. The summed E-state index contributed by atoms with van der Waals surface area (Å²) in [6.45, 7) is 2.17. The van der Waals surface area contributed by atoms with Crippen LogP contribution in [0.5, 0.6) is 5.75 Å². The number of benzene rings is 2. The fraction of sp³-hybridized carbons (Fsp3) is 0.238. The monoisotopic (exact) mass is 419 g/mol. The highest BCUT2D eigenvalue weighted by Gasteiger charge is 2.31. The van der Waals surface area contributed by atoms with E-state index in [1.807, 2.05) is 48.0 Å². The van der Waals surface area contributed by atoms with Crippen LogP contribution in [0, 0.1) is 0 Å². The van der Waals surface area contributed by atoms with Gasteiger partial charge in [0.15, 0.2) is 11.1 Å². The fourth-order valence-electron chi connectivity index (χ4n) is 3.34. The van der Waals surface area contributed by atoms with E-state index in [4.69, 9.17) is 27.9 Å². The number of ether oxygens (including phenoxy) is 1. The lowest BCUT2D eigenvalue weighted by Gasteiger charge is -2.15. The summed E-state index contributed by atoms with van der Waals surface area (Å²) in [6, 6.07) is 11.8. The molecule has 0 saturated heterocycles. The Morgan fingerprint density at radius 1 is 1.22 bits per heavy atom. The molecule has 3 nitrogen and oxygen atoms in total. The van der Waals surface area contributed by atoms with Gasteiger partial charge in [0.1, 0.15) is 5.69 Å². The molecule has 4 rings (SSSR count). The first-order valence-electron chi connectivity index (χ1n) is 8.90. The van der Waals surface area contributed by atoms with Crippen LogP contribution in [0.15, 0.2) is 64.9 Å². The molecule has 0 bridgehead atoms. The third-order valence-electron chi connectivity index (χ3n) is 4.96. The number of halogens is 2. The van der Waals surface area contributed by atoms with Gasteiger partial charge in [-0.15, -0.1) is 0 Å². The molecule has 1 N–H and O–H groups in total. The molecule has 0 amide bonds. The van der Waals surface area contributed by atoms with Gasteiger partial charge in [-0.05, 0) is 48.4 Å². The average Bonchev–Trinajstić information content (AvgIpc) is 3.12. The Hall–Kier alpha value is -1.59. The Morgan fingerprint density at radius 3 is 2.74 bits per heavy atom. The number of fused-ring (bicyclic) bond motifs is 2. The van der Waals surface area contributed by atoms with Gasteiger partial charge in [-0.25, -0.2) is 0 Å². The molecule has 2 aromatic rings. The Kier molecular flexibility index (Phi) is 5.17.